The molecule has 2 saturated heterocycles. The van der Waals surface area contributed by atoms with Crippen LogP contribution in [0.4, 0.5) is 0 Å². The van der Waals surface area contributed by atoms with Crippen molar-refractivity contribution in [1.82, 2.24) is 10.2 Å². The fourth-order valence-electron chi connectivity index (χ4n) is 3.60. The highest BCUT2D eigenvalue weighted by atomic mass is 16.3. The standard InChI is InChI=1S/C16H24N2O/c1-18-15-6-7-16(18)9-14(8-15)17-10-12-2-4-13(11-19)5-3-12/h2-5,14-17,19H,6-11H2,1H3. The molecule has 104 valence electrons. The van der Waals surface area contributed by atoms with Gasteiger partial charge >= 0.3 is 0 Å². The molecule has 3 nitrogen and oxygen atoms in total. The second kappa shape index (κ2) is 5.61. The Morgan fingerprint density at radius 3 is 2.26 bits per heavy atom. The number of piperidine rings is 1. The Hall–Kier alpha value is -0.900. The highest BCUT2D eigenvalue weighted by molar-refractivity contribution is 5.21. The molecular formula is C16H24N2O. The summed E-state index contributed by atoms with van der Waals surface area (Å²) in [4.78, 5) is 2.58. The molecule has 1 aromatic rings. The van der Waals surface area contributed by atoms with Crippen LogP contribution >= 0.6 is 0 Å². The minimum absolute atomic E-state index is 0.131. The lowest BCUT2D eigenvalue weighted by Gasteiger charge is -2.36. The maximum absolute atomic E-state index is 9.03. The number of hydrogen-bond acceptors (Lipinski definition) is 3. The summed E-state index contributed by atoms with van der Waals surface area (Å²) in [7, 11) is 2.28. The lowest BCUT2D eigenvalue weighted by Crippen LogP contribution is -2.46. The number of nitrogens with one attached hydrogen (secondary N) is 1. The van der Waals surface area contributed by atoms with Crippen LogP contribution in [0.2, 0.25) is 0 Å². The van der Waals surface area contributed by atoms with Gasteiger partial charge in [-0.1, -0.05) is 24.3 Å². The second-order valence-electron chi connectivity index (χ2n) is 6.07. The van der Waals surface area contributed by atoms with Gasteiger partial charge in [0.1, 0.15) is 0 Å². The van der Waals surface area contributed by atoms with Crippen LogP contribution in [0.25, 0.3) is 0 Å². The number of rotatable bonds is 4. The highest BCUT2D eigenvalue weighted by Gasteiger charge is 2.37. The van der Waals surface area contributed by atoms with Crippen molar-refractivity contribution in [2.75, 3.05) is 7.05 Å². The summed E-state index contributed by atoms with van der Waals surface area (Å²) >= 11 is 0. The predicted molar refractivity (Wildman–Crippen MR) is 76.8 cm³/mol. The Kier molecular flexibility index (Phi) is 3.87. The third-order valence-corrected chi connectivity index (χ3v) is 4.90. The topological polar surface area (TPSA) is 35.5 Å². The molecule has 0 amide bonds. The number of aliphatic hydroxyl groups is 1. The lowest BCUT2D eigenvalue weighted by atomic mass is 9.98. The van der Waals surface area contributed by atoms with Gasteiger partial charge in [-0.2, -0.15) is 0 Å². The molecule has 2 aliphatic rings. The molecule has 2 aliphatic heterocycles. The Morgan fingerprint density at radius 2 is 1.68 bits per heavy atom. The highest BCUT2D eigenvalue weighted by Crippen LogP contribution is 2.34. The molecule has 1 aromatic carbocycles. The van der Waals surface area contributed by atoms with Gasteiger partial charge in [0.15, 0.2) is 0 Å². The van der Waals surface area contributed by atoms with Gasteiger partial charge in [-0.3, -0.25) is 0 Å². The Bertz CT molecular complexity index is 403. The van der Waals surface area contributed by atoms with Crippen molar-refractivity contribution in [2.24, 2.45) is 0 Å². The Balaban J connectivity index is 1.52. The number of nitrogens with zero attached hydrogens (tertiary/aromatic N) is 1. The van der Waals surface area contributed by atoms with Crippen LogP contribution in [-0.4, -0.2) is 35.2 Å². The van der Waals surface area contributed by atoms with Crippen molar-refractivity contribution >= 4 is 0 Å². The molecule has 2 unspecified atom stereocenters. The summed E-state index contributed by atoms with van der Waals surface area (Å²) in [6, 6.07) is 10.5. The molecule has 2 bridgehead atoms. The van der Waals surface area contributed by atoms with Crippen molar-refractivity contribution in [3.05, 3.63) is 35.4 Å². The Morgan fingerprint density at radius 1 is 1.11 bits per heavy atom. The van der Waals surface area contributed by atoms with Gasteiger partial charge in [0.25, 0.3) is 0 Å². The van der Waals surface area contributed by atoms with E-state index in [1.165, 1.54) is 31.2 Å². The minimum Gasteiger partial charge on any atom is -0.392 e. The fraction of sp³-hybridized carbons (Fsp3) is 0.625. The van der Waals surface area contributed by atoms with Gasteiger partial charge in [-0.25, -0.2) is 0 Å². The fourth-order valence-corrected chi connectivity index (χ4v) is 3.60. The first-order chi connectivity index (χ1) is 9.26. The molecule has 0 saturated carbocycles. The van der Waals surface area contributed by atoms with Gasteiger partial charge in [0, 0.05) is 24.7 Å². The number of aliphatic hydroxyl groups excluding tert-OH is 1. The van der Waals surface area contributed by atoms with E-state index in [0.717, 1.165) is 24.2 Å². The summed E-state index contributed by atoms with van der Waals surface area (Å²) in [5, 5.41) is 12.7. The maximum atomic E-state index is 9.03. The van der Waals surface area contributed by atoms with Gasteiger partial charge < -0.3 is 15.3 Å². The molecule has 0 spiro atoms. The van der Waals surface area contributed by atoms with Crippen LogP contribution < -0.4 is 5.32 Å². The molecule has 2 atom stereocenters. The molecule has 19 heavy (non-hydrogen) atoms. The molecule has 2 N–H and O–H groups in total. The summed E-state index contributed by atoms with van der Waals surface area (Å²) in [6.07, 6.45) is 5.35. The summed E-state index contributed by atoms with van der Waals surface area (Å²) in [5.41, 5.74) is 2.30. The molecule has 0 aliphatic carbocycles. The van der Waals surface area contributed by atoms with Crippen molar-refractivity contribution in [3.8, 4) is 0 Å². The average molecular weight is 260 g/mol. The van der Waals surface area contributed by atoms with Crippen LogP contribution in [0.1, 0.15) is 36.8 Å². The van der Waals surface area contributed by atoms with E-state index in [-0.39, 0.29) is 6.61 Å². The van der Waals surface area contributed by atoms with Crippen molar-refractivity contribution in [2.45, 2.75) is 57.0 Å². The molecule has 3 rings (SSSR count). The minimum atomic E-state index is 0.131. The van der Waals surface area contributed by atoms with Crippen LogP contribution in [0.3, 0.4) is 0 Å². The summed E-state index contributed by atoms with van der Waals surface area (Å²) in [5.74, 6) is 0. The summed E-state index contributed by atoms with van der Waals surface area (Å²) < 4.78 is 0. The van der Waals surface area contributed by atoms with E-state index in [0.29, 0.717) is 6.04 Å². The zero-order valence-corrected chi connectivity index (χ0v) is 11.7. The van der Waals surface area contributed by atoms with E-state index >= 15 is 0 Å². The van der Waals surface area contributed by atoms with Crippen LogP contribution in [0, 0.1) is 0 Å². The maximum Gasteiger partial charge on any atom is 0.0681 e. The zero-order chi connectivity index (χ0) is 13.2. The van der Waals surface area contributed by atoms with Crippen molar-refractivity contribution in [1.29, 1.82) is 0 Å². The van der Waals surface area contributed by atoms with E-state index in [1.54, 1.807) is 0 Å². The van der Waals surface area contributed by atoms with E-state index in [4.69, 9.17) is 5.11 Å². The molecular weight excluding hydrogens is 236 g/mol. The van der Waals surface area contributed by atoms with Crippen molar-refractivity contribution < 1.29 is 5.11 Å². The van der Waals surface area contributed by atoms with Crippen LogP contribution in [0.5, 0.6) is 0 Å². The monoisotopic (exact) mass is 260 g/mol. The van der Waals surface area contributed by atoms with Gasteiger partial charge in [-0.05, 0) is 43.9 Å². The van der Waals surface area contributed by atoms with Crippen molar-refractivity contribution in [3.63, 3.8) is 0 Å². The van der Waals surface area contributed by atoms with Gasteiger partial charge in [0.2, 0.25) is 0 Å². The second-order valence-corrected chi connectivity index (χ2v) is 6.07. The number of fused-ring (bicyclic) bond motifs is 2. The van der Waals surface area contributed by atoms with E-state index in [1.807, 2.05) is 12.1 Å². The third kappa shape index (κ3) is 2.83. The predicted octanol–water partition coefficient (Wildman–Crippen LogP) is 1.89. The molecule has 0 radical (unpaired) electrons. The smallest absolute Gasteiger partial charge is 0.0681 e. The first-order valence-corrected chi connectivity index (χ1v) is 7.40. The first-order valence-electron chi connectivity index (χ1n) is 7.40. The van der Waals surface area contributed by atoms with E-state index in [9.17, 15) is 0 Å². The molecule has 2 fully saturated rings. The normalized spacial score (nSPS) is 30.7. The van der Waals surface area contributed by atoms with E-state index in [2.05, 4.69) is 29.4 Å². The van der Waals surface area contributed by atoms with Crippen LogP contribution in [-0.2, 0) is 13.2 Å². The van der Waals surface area contributed by atoms with E-state index < -0.39 is 0 Å². The largest absolute Gasteiger partial charge is 0.392 e. The molecule has 0 aromatic heterocycles. The quantitative estimate of drug-likeness (QED) is 0.868. The number of hydrogen-bond donors (Lipinski definition) is 2. The zero-order valence-electron chi connectivity index (χ0n) is 11.7. The molecule has 3 heteroatoms. The summed E-state index contributed by atoms with van der Waals surface area (Å²) in [6.45, 7) is 1.07. The van der Waals surface area contributed by atoms with Gasteiger partial charge in [0.05, 0.1) is 6.61 Å². The Labute approximate surface area is 115 Å². The number of benzene rings is 1. The van der Waals surface area contributed by atoms with Gasteiger partial charge in [-0.15, -0.1) is 0 Å². The first kappa shape index (κ1) is 13.1. The SMILES string of the molecule is CN1C2CCC1CC(NCc1ccc(CO)cc1)C2. The molecule has 2 heterocycles. The van der Waals surface area contributed by atoms with Crippen LogP contribution in [0.15, 0.2) is 24.3 Å². The lowest BCUT2D eigenvalue weighted by molar-refractivity contribution is 0.148. The third-order valence-electron chi connectivity index (χ3n) is 4.90. The average Bonchev–Trinajstić information content (AvgIpc) is 2.68.